The molecule has 1 aromatic carbocycles. The number of rotatable bonds is 5. The topological polar surface area (TPSA) is 45.4 Å². The number of aliphatic hydroxyl groups excluding tert-OH is 1. The van der Waals surface area contributed by atoms with Crippen LogP contribution in [0.5, 0.6) is 0 Å². The van der Waals surface area contributed by atoms with Crippen molar-refractivity contribution in [2.75, 3.05) is 6.54 Å². The second-order valence-electron chi connectivity index (χ2n) is 4.36. The molecule has 2 aromatic rings. The Balaban J connectivity index is 2.07. The first-order valence-electron chi connectivity index (χ1n) is 5.86. The van der Waals surface area contributed by atoms with Gasteiger partial charge in [0.05, 0.1) is 6.04 Å². The van der Waals surface area contributed by atoms with E-state index < -0.39 is 12.5 Å². The summed E-state index contributed by atoms with van der Waals surface area (Å²) in [6.45, 7) is 1.62. The minimum Gasteiger partial charge on any atom is -0.459 e. The molecule has 3 nitrogen and oxygen atoms in total. The van der Waals surface area contributed by atoms with Gasteiger partial charge in [0, 0.05) is 16.4 Å². The monoisotopic (exact) mass is 333 g/mol. The van der Waals surface area contributed by atoms with Gasteiger partial charge in [-0.05, 0) is 31.2 Å². The maximum Gasteiger partial charge on any atom is 0.265 e. The van der Waals surface area contributed by atoms with Crippen LogP contribution >= 0.6 is 15.9 Å². The van der Waals surface area contributed by atoms with Gasteiger partial charge in [0.15, 0.2) is 0 Å². The van der Waals surface area contributed by atoms with Gasteiger partial charge in [0.25, 0.3) is 6.43 Å². The van der Waals surface area contributed by atoms with E-state index in [1.54, 1.807) is 6.92 Å². The molecule has 1 heterocycles. The fourth-order valence-electron chi connectivity index (χ4n) is 1.74. The van der Waals surface area contributed by atoms with Crippen LogP contribution in [0.4, 0.5) is 8.78 Å². The van der Waals surface area contributed by atoms with E-state index in [2.05, 4.69) is 21.2 Å². The summed E-state index contributed by atoms with van der Waals surface area (Å²) in [4.78, 5) is 0. The molecule has 0 amide bonds. The predicted octanol–water partition coefficient (Wildman–Crippen LogP) is 3.47. The summed E-state index contributed by atoms with van der Waals surface area (Å²) >= 11 is 3.37. The summed E-state index contributed by atoms with van der Waals surface area (Å²) in [5.41, 5.74) is 0.737. The van der Waals surface area contributed by atoms with E-state index in [1.807, 2.05) is 24.3 Å². The number of hydrogen-bond donors (Lipinski definition) is 2. The Hall–Kier alpha value is -0.980. The van der Waals surface area contributed by atoms with Crippen LogP contribution in [0.1, 0.15) is 18.7 Å². The van der Waals surface area contributed by atoms with Gasteiger partial charge in [0.1, 0.15) is 17.4 Å². The molecule has 0 saturated carbocycles. The number of halogens is 3. The van der Waals surface area contributed by atoms with Gasteiger partial charge in [-0.15, -0.1) is 0 Å². The Morgan fingerprint density at radius 2 is 2.11 bits per heavy atom. The van der Waals surface area contributed by atoms with Crippen LogP contribution in [0.3, 0.4) is 0 Å². The first-order valence-corrected chi connectivity index (χ1v) is 6.65. The molecular weight excluding hydrogens is 320 g/mol. The van der Waals surface area contributed by atoms with E-state index in [0.717, 1.165) is 15.4 Å². The summed E-state index contributed by atoms with van der Waals surface area (Å²) < 4.78 is 30.9. The molecule has 0 fully saturated rings. The highest BCUT2D eigenvalue weighted by Crippen LogP contribution is 2.26. The Morgan fingerprint density at radius 3 is 2.79 bits per heavy atom. The van der Waals surface area contributed by atoms with Gasteiger partial charge >= 0.3 is 0 Å². The Kier molecular flexibility index (Phi) is 4.54. The lowest BCUT2D eigenvalue weighted by molar-refractivity contribution is -0.00465. The van der Waals surface area contributed by atoms with Crippen LogP contribution in [-0.2, 0) is 0 Å². The number of fused-ring (bicyclic) bond motifs is 1. The number of hydrogen-bond acceptors (Lipinski definition) is 3. The second kappa shape index (κ2) is 5.98. The lowest BCUT2D eigenvalue weighted by Gasteiger charge is -2.14. The summed E-state index contributed by atoms with van der Waals surface area (Å²) in [6, 6.07) is 7.23. The zero-order valence-electron chi connectivity index (χ0n) is 10.2. The molecule has 0 aliphatic heterocycles. The molecule has 2 atom stereocenters. The van der Waals surface area contributed by atoms with Crippen molar-refractivity contribution in [3.05, 3.63) is 34.5 Å². The Morgan fingerprint density at radius 1 is 1.37 bits per heavy atom. The number of benzene rings is 1. The summed E-state index contributed by atoms with van der Waals surface area (Å²) in [6.07, 6.45) is -4.41. The van der Waals surface area contributed by atoms with Gasteiger partial charge < -0.3 is 14.8 Å². The average Bonchev–Trinajstić information content (AvgIpc) is 2.78. The van der Waals surface area contributed by atoms with Gasteiger partial charge in [-0.25, -0.2) is 8.78 Å². The summed E-state index contributed by atoms with van der Waals surface area (Å²) in [5.74, 6) is 0.648. The molecule has 1 aromatic heterocycles. The first kappa shape index (κ1) is 14.4. The van der Waals surface area contributed by atoms with Crippen molar-refractivity contribution in [3.63, 3.8) is 0 Å². The molecule has 0 radical (unpaired) electrons. The van der Waals surface area contributed by atoms with E-state index >= 15 is 0 Å². The van der Waals surface area contributed by atoms with Crippen LogP contribution in [0.25, 0.3) is 11.0 Å². The lowest BCUT2D eigenvalue weighted by Crippen LogP contribution is -2.33. The van der Waals surface area contributed by atoms with Crippen LogP contribution in [0.15, 0.2) is 33.2 Å². The number of aliphatic hydroxyl groups is 1. The largest absolute Gasteiger partial charge is 0.459 e. The Bertz CT molecular complexity index is 559. The summed E-state index contributed by atoms with van der Waals surface area (Å²) in [7, 11) is 0. The normalized spacial score (nSPS) is 15.1. The molecule has 6 heteroatoms. The number of nitrogens with one attached hydrogen (secondary N) is 1. The van der Waals surface area contributed by atoms with E-state index in [9.17, 15) is 8.78 Å². The standard InChI is InChI=1S/C13H14BrF2NO2/c1-7(17-6-10(18)13(15)16)12-5-8-4-9(14)2-3-11(8)19-12/h2-5,7,10,13,17-18H,6H2,1H3. The van der Waals surface area contributed by atoms with Gasteiger partial charge in [-0.1, -0.05) is 15.9 Å². The molecule has 104 valence electrons. The highest BCUT2D eigenvalue weighted by Gasteiger charge is 2.19. The highest BCUT2D eigenvalue weighted by atomic mass is 79.9. The minimum absolute atomic E-state index is 0.181. The lowest BCUT2D eigenvalue weighted by atomic mass is 10.2. The third-order valence-electron chi connectivity index (χ3n) is 2.85. The maximum atomic E-state index is 12.2. The molecule has 2 rings (SSSR count). The Labute approximate surface area is 117 Å². The van der Waals surface area contributed by atoms with Gasteiger partial charge in [-0.2, -0.15) is 0 Å². The zero-order valence-corrected chi connectivity index (χ0v) is 11.8. The molecule has 0 aliphatic carbocycles. The average molecular weight is 334 g/mol. The molecular formula is C13H14BrF2NO2. The highest BCUT2D eigenvalue weighted by molar-refractivity contribution is 9.10. The van der Waals surface area contributed by atoms with Crippen molar-refractivity contribution in [3.8, 4) is 0 Å². The van der Waals surface area contributed by atoms with Crippen molar-refractivity contribution in [1.29, 1.82) is 0 Å². The van der Waals surface area contributed by atoms with E-state index in [0.29, 0.717) is 5.76 Å². The third-order valence-corrected chi connectivity index (χ3v) is 3.34. The van der Waals surface area contributed by atoms with Crippen molar-refractivity contribution in [2.24, 2.45) is 0 Å². The molecule has 2 N–H and O–H groups in total. The minimum atomic E-state index is -2.74. The van der Waals surface area contributed by atoms with Gasteiger partial charge in [0.2, 0.25) is 0 Å². The maximum absolute atomic E-state index is 12.2. The van der Waals surface area contributed by atoms with Crippen molar-refractivity contribution < 1.29 is 18.3 Å². The van der Waals surface area contributed by atoms with Gasteiger partial charge in [-0.3, -0.25) is 0 Å². The van der Waals surface area contributed by atoms with Crippen LogP contribution in [0.2, 0.25) is 0 Å². The fraction of sp³-hybridized carbons (Fsp3) is 0.385. The fourth-order valence-corrected chi connectivity index (χ4v) is 2.11. The van der Waals surface area contributed by atoms with E-state index in [4.69, 9.17) is 9.52 Å². The molecule has 0 saturated heterocycles. The second-order valence-corrected chi connectivity index (χ2v) is 5.28. The van der Waals surface area contributed by atoms with Crippen molar-refractivity contribution in [2.45, 2.75) is 25.5 Å². The van der Waals surface area contributed by atoms with Crippen LogP contribution in [0, 0.1) is 0 Å². The molecule has 0 spiro atoms. The quantitative estimate of drug-likeness (QED) is 0.880. The zero-order chi connectivity index (χ0) is 14.0. The third kappa shape index (κ3) is 3.52. The number of alkyl halides is 2. The SMILES string of the molecule is CC(NCC(O)C(F)F)c1cc2cc(Br)ccc2o1. The van der Waals surface area contributed by atoms with Crippen LogP contribution in [-0.4, -0.2) is 24.2 Å². The number of furan rings is 1. The first-order chi connectivity index (χ1) is 8.97. The van der Waals surface area contributed by atoms with E-state index in [1.165, 1.54) is 0 Å². The molecule has 0 bridgehead atoms. The summed E-state index contributed by atoms with van der Waals surface area (Å²) in [5, 5.41) is 12.8. The predicted molar refractivity (Wildman–Crippen MR) is 72.3 cm³/mol. The van der Waals surface area contributed by atoms with Crippen molar-refractivity contribution >= 4 is 26.9 Å². The van der Waals surface area contributed by atoms with E-state index in [-0.39, 0.29) is 12.6 Å². The molecule has 0 aliphatic rings. The van der Waals surface area contributed by atoms with Crippen LogP contribution < -0.4 is 5.32 Å². The molecule has 2 unspecified atom stereocenters. The smallest absolute Gasteiger partial charge is 0.265 e. The molecule has 19 heavy (non-hydrogen) atoms. The van der Waals surface area contributed by atoms with Crippen molar-refractivity contribution in [1.82, 2.24) is 5.32 Å².